The molecule has 6 aromatic rings. The second-order valence-corrected chi connectivity index (χ2v) is 7.49. The fraction of sp³-hybridized carbons (Fsp3) is 0.0870. The van der Waals surface area contributed by atoms with Crippen molar-refractivity contribution in [2.24, 2.45) is 7.05 Å². The quantitative estimate of drug-likeness (QED) is 0.457. The first-order chi connectivity index (χ1) is 15.2. The number of pyridine rings is 3. The molecule has 2 N–H and O–H groups in total. The third kappa shape index (κ3) is 2.72. The van der Waals surface area contributed by atoms with E-state index < -0.39 is 0 Å². The molecule has 6 heterocycles. The van der Waals surface area contributed by atoms with Gasteiger partial charge >= 0.3 is 0 Å². The minimum absolute atomic E-state index is 0.733. The highest BCUT2D eigenvalue weighted by Gasteiger charge is 2.16. The summed E-state index contributed by atoms with van der Waals surface area (Å²) >= 11 is 0. The molecule has 0 saturated carbocycles. The molecular formula is C23H18N8. The molecule has 0 saturated heterocycles. The molecule has 0 aliphatic carbocycles. The van der Waals surface area contributed by atoms with Crippen LogP contribution in [-0.4, -0.2) is 39.7 Å². The Kier molecular flexibility index (Phi) is 3.73. The van der Waals surface area contributed by atoms with Gasteiger partial charge in [-0.2, -0.15) is 5.10 Å². The SMILES string of the molecule is Cc1ncc(-c2cnc3[nH]nc(-c4cc5c(-c6cccnc6)ccnc5[nH]4)c3c2)n1C. The van der Waals surface area contributed by atoms with Gasteiger partial charge < -0.3 is 9.55 Å². The number of hydrogen-bond donors (Lipinski definition) is 2. The highest BCUT2D eigenvalue weighted by molar-refractivity contribution is 5.99. The first-order valence-electron chi connectivity index (χ1n) is 9.90. The van der Waals surface area contributed by atoms with Crippen molar-refractivity contribution < 1.29 is 0 Å². The molecule has 0 aromatic carbocycles. The molecule has 0 amide bonds. The smallest absolute Gasteiger partial charge is 0.155 e. The molecule has 0 aliphatic heterocycles. The van der Waals surface area contributed by atoms with Crippen LogP contribution in [0.3, 0.4) is 0 Å². The van der Waals surface area contributed by atoms with E-state index in [1.807, 2.05) is 50.8 Å². The van der Waals surface area contributed by atoms with Crippen molar-refractivity contribution in [1.29, 1.82) is 0 Å². The van der Waals surface area contributed by atoms with Gasteiger partial charge in [0.25, 0.3) is 0 Å². The van der Waals surface area contributed by atoms with Crippen molar-refractivity contribution in [2.75, 3.05) is 0 Å². The molecule has 6 rings (SSSR count). The van der Waals surface area contributed by atoms with Crippen molar-refractivity contribution in [1.82, 2.24) is 39.7 Å². The van der Waals surface area contributed by atoms with E-state index in [1.165, 1.54) is 0 Å². The minimum Gasteiger partial charge on any atom is -0.338 e. The molecule has 150 valence electrons. The fourth-order valence-electron chi connectivity index (χ4n) is 3.95. The first-order valence-corrected chi connectivity index (χ1v) is 9.90. The number of hydrogen-bond acceptors (Lipinski definition) is 5. The molecular weight excluding hydrogens is 388 g/mol. The lowest BCUT2D eigenvalue weighted by atomic mass is 10.1. The Morgan fingerprint density at radius 1 is 0.871 bits per heavy atom. The lowest BCUT2D eigenvalue weighted by Gasteiger charge is -2.04. The van der Waals surface area contributed by atoms with E-state index in [0.717, 1.165) is 61.7 Å². The number of aromatic amines is 2. The number of aromatic nitrogens is 8. The first kappa shape index (κ1) is 17.5. The van der Waals surface area contributed by atoms with Crippen LogP contribution >= 0.6 is 0 Å². The molecule has 6 aromatic heterocycles. The number of nitrogens with zero attached hydrogens (tertiary/aromatic N) is 6. The zero-order valence-corrected chi connectivity index (χ0v) is 17.0. The summed E-state index contributed by atoms with van der Waals surface area (Å²) in [6.07, 6.45) is 9.14. The Bertz CT molecular complexity index is 1560. The van der Waals surface area contributed by atoms with Gasteiger partial charge in [0, 0.05) is 53.7 Å². The van der Waals surface area contributed by atoms with E-state index in [4.69, 9.17) is 0 Å². The van der Waals surface area contributed by atoms with E-state index >= 15 is 0 Å². The van der Waals surface area contributed by atoms with Crippen LogP contribution in [0.25, 0.3) is 55.8 Å². The average Bonchev–Trinajstić information content (AvgIpc) is 3.50. The summed E-state index contributed by atoms with van der Waals surface area (Å²) in [5.74, 6) is 0.951. The normalized spacial score (nSPS) is 11.5. The zero-order valence-electron chi connectivity index (χ0n) is 17.0. The van der Waals surface area contributed by atoms with Crippen molar-refractivity contribution >= 4 is 22.1 Å². The minimum atomic E-state index is 0.733. The summed E-state index contributed by atoms with van der Waals surface area (Å²) in [5, 5.41) is 9.54. The second kappa shape index (κ2) is 6.60. The van der Waals surface area contributed by atoms with Gasteiger partial charge in [-0.25, -0.2) is 15.0 Å². The maximum absolute atomic E-state index is 4.58. The number of nitrogens with one attached hydrogen (secondary N) is 2. The van der Waals surface area contributed by atoms with Crippen LogP contribution in [0.5, 0.6) is 0 Å². The van der Waals surface area contributed by atoms with E-state index in [0.29, 0.717) is 0 Å². The van der Waals surface area contributed by atoms with Gasteiger partial charge in [-0.1, -0.05) is 6.07 Å². The highest BCUT2D eigenvalue weighted by Crippen LogP contribution is 2.33. The van der Waals surface area contributed by atoms with Crippen molar-refractivity contribution in [3.63, 3.8) is 0 Å². The summed E-state index contributed by atoms with van der Waals surface area (Å²) in [6.45, 7) is 1.98. The van der Waals surface area contributed by atoms with Gasteiger partial charge in [-0.3, -0.25) is 10.1 Å². The van der Waals surface area contributed by atoms with Gasteiger partial charge in [0.1, 0.15) is 17.2 Å². The molecule has 0 fully saturated rings. The van der Waals surface area contributed by atoms with E-state index in [1.54, 1.807) is 12.4 Å². The van der Waals surface area contributed by atoms with Crippen LogP contribution in [0.15, 0.2) is 61.3 Å². The maximum atomic E-state index is 4.58. The highest BCUT2D eigenvalue weighted by atomic mass is 15.2. The molecule has 0 atom stereocenters. The van der Waals surface area contributed by atoms with Gasteiger partial charge in [0.05, 0.1) is 17.6 Å². The number of imidazole rings is 1. The number of H-pyrrole nitrogens is 2. The van der Waals surface area contributed by atoms with Crippen LogP contribution in [0.1, 0.15) is 5.82 Å². The summed E-state index contributed by atoms with van der Waals surface area (Å²) in [7, 11) is 2.00. The largest absolute Gasteiger partial charge is 0.338 e. The monoisotopic (exact) mass is 406 g/mol. The predicted octanol–water partition coefficient (Wildman–Crippen LogP) is 4.27. The molecule has 8 heteroatoms. The Balaban J connectivity index is 1.52. The maximum Gasteiger partial charge on any atom is 0.155 e. The van der Waals surface area contributed by atoms with Crippen LogP contribution < -0.4 is 0 Å². The van der Waals surface area contributed by atoms with Crippen LogP contribution in [0, 0.1) is 6.92 Å². The summed E-state index contributed by atoms with van der Waals surface area (Å²) in [6, 6.07) is 10.2. The second-order valence-electron chi connectivity index (χ2n) is 7.49. The molecule has 0 aliphatic rings. The summed E-state index contributed by atoms with van der Waals surface area (Å²) in [4.78, 5) is 21.2. The lowest BCUT2D eigenvalue weighted by Crippen LogP contribution is -1.94. The van der Waals surface area contributed by atoms with E-state index in [-0.39, 0.29) is 0 Å². The number of fused-ring (bicyclic) bond motifs is 2. The Hall–Kier alpha value is -4.33. The van der Waals surface area contributed by atoms with Crippen molar-refractivity contribution in [2.45, 2.75) is 6.92 Å². The molecule has 0 unspecified atom stereocenters. The van der Waals surface area contributed by atoms with Crippen molar-refractivity contribution in [3.05, 3.63) is 67.1 Å². The predicted molar refractivity (Wildman–Crippen MR) is 119 cm³/mol. The number of aryl methyl sites for hydroxylation is 1. The fourth-order valence-corrected chi connectivity index (χ4v) is 3.95. The standard InChI is InChI=1S/C23H18N8/c1-13-26-12-20(31(13)2)15-8-18-21(29-30-23(18)27-11-15)19-9-17-16(5-7-25-22(17)28-19)14-4-3-6-24-10-14/h3-12H,1-2H3,(H,25,28)(H,27,29,30). The van der Waals surface area contributed by atoms with E-state index in [2.05, 4.69) is 51.8 Å². The van der Waals surface area contributed by atoms with Gasteiger partial charge in [-0.15, -0.1) is 0 Å². The van der Waals surface area contributed by atoms with Gasteiger partial charge in [0.15, 0.2) is 5.65 Å². The molecule has 0 radical (unpaired) electrons. The molecule has 0 spiro atoms. The van der Waals surface area contributed by atoms with Gasteiger partial charge in [0.2, 0.25) is 0 Å². The van der Waals surface area contributed by atoms with Crippen molar-refractivity contribution in [3.8, 4) is 33.8 Å². The van der Waals surface area contributed by atoms with Crippen LogP contribution in [0.2, 0.25) is 0 Å². The van der Waals surface area contributed by atoms with Crippen LogP contribution in [-0.2, 0) is 7.05 Å². The molecule has 31 heavy (non-hydrogen) atoms. The van der Waals surface area contributed by atoms with Gasteiger partial charge in [-0.05, 0) is 36.8 Å². The lowest BCUT2D eigenvalue weighted by molar-refractivity contribution is 0.865. The molecule has 0 bridgehead atoms. The van der Waals surface area contributed by atoms with Crippen LogP contribution in [0.4, 0.5) is 0 Å². The zero-order chi connectivity index (χ0) is 20.9. The Labute approximate surface area is 177 Å². The Morgan fingerprint density at radius 3 is 2.61 bits per heavy atom. The third-order valence-electron chi connectivity index (χ3n) is 5.69. The molecule has 8 nitrogen and oxygen atoms in total. The summed E-state index contributed by atoms with van der Waals surface area (Å²) in [5.41, 5.74) is 7.34. The topological polar surface area (TPSA) is 101 Å². The third-order valence-corrected chi connectivity index (χ3v) is 5.69. The van der Waals surface area contributed by atoms with E-state index in [9.17, 15) is 0 Å². The number of rotatable bonds is 3. The average molecular weight is 406 g/mol. The summed E-state index contributed by atoms with van der Waals surface area (Å²) < 4.78 is 2.05. The Morgan fingerprint density at radius 2 is 1.81 bits per heavy atom.